The Bertz CT molecular complexity index is 2140. The lowest BCUT2D eigenvalue weighted by Crippen LogP contribution is -2.50. The first-order valence-corrected chi connectivity index (χ1v) is 19.9. The maximum absolute atomic E-state index is 14.0. The van der Waals surface area contributed by atoms with Crippen molar-refractivity contribution in [3.05, 3.63) is 156 Å². The van der Waals surface area contributed by atoms with Gasteiger partial charge in [-0.25, -0.2) is 0 Å². The average Bonchev–Trinajstić information content (AvgIpc) is 3.25. The second-order valence-electron chi connectivity index (χ2n) is 14.7. The number of aliphatic hydroxyl groups is 1. The highest BCUT2D eigenvalue weighted by molar-refractivity contribution is 5.99. The zero-order chi connectivity index (χ0) is 40.5. The summed E-state index contributed by atoms with van der Waals surface area (Å²) in [6.45, 7) is -0.245. The zero-order valence-corrected chi connectivity index (χ0v) is 32.6. The third kappa shape index (κ3) is 12.6. The predicted octanol–water partition coefficient (Wildman–Crippen LogP) is 7.10. The molecule has 4 unspecified atom stereocenters. The van der Waals surface area contributed by atoms with Crippen molar-refractivity contribution in [2.24, 2.45) is 11.8 Å². The molecule has 0 bridgehead atoms. The molecule has 0 aromatic heterocycles. The number of carbonyl (C=O) groups excluding carboxylic acids is 4. The SMILES string of the molecule is O=C(CC1CC=CCCCC(Cc2ccccc2)C(=O)OCC(C(=O)Nc2ccc3ccccc3c2)NC1=O)NC(CO)Cc1ccc(OCc2ccccc2)cc1. The molecule has 1 heterocycles. The van der Waals surface area contributed by atoms with Crippen molar-refractivity contribution in [3.63, 3.8) is 0 Å². The van der Waals surface area contributed by atoms with Gasteiger partial charge >= 0.3 is 5.97 Å². The molecule has 0 spiro atoms. The highest BCUT2D eigenvalue weighted by Gasteiger charge is 2.30. The highest BCUT2D eigenvalue weighted by Crippen LogP contribution is 2.22. The Labute approximate surface area is 339 Å². The van der Waals surface area contributed by atoms with Gasteiger partial charge in [0.05, 0.1) is 24.5 Å². The van der Waals surface area contributed by atoms with Crippen LogP contribution in [0.25, 0.3) is 10.8 Å². The molecule has 0 saturated heterocycles. The molecular formula is C48H51N3O7. The van der Waals surface area contributed by atoms with Gasteiger partial charge in [-0.05, 0) is 90.3 Å². The van der Waals surface area contributed by atoms with E-state index in [1.807, 2.05) is 133 Å². The number of aliphatic hydroxyl groups excluding tert-OH is 1. The molecule has 4 N–H and O–H groups in total. The quantitative estimate of drug-likeness (QED) is 0.0738. The summed E-state index contributed by atoms with van der Waals surface area (Å²) in [7, 11) is 0. The van der Waals surface area contributed by atoms with Crippen LogP contribution in [0.5, 0.6) is 5.75 Å². The fraction of sp³-hybridized carbons (Fsp3) is 0.292. The molecule has 1 aliphatic rings. The normalized spacial score (nSPS) is 18.3. The van der Waals surface area contributed by atoms with E-state index in [0.29, 0.717) is 50.1 Å². The first-order valence-electron chi connectivity index (χ1n) is 19.9. The van der Waals surface area contributed by atoms with E-state index < -0.39 is 47.6 Å². The molecule has 0 aliphatic carbocycles. The summed E-state index contributed by atoms with van der Waals surface area (Å²) < 4.78 is 11.7. The van der Waals surface area contributed by atoms with Gasteiger partial charge in [0, 0.05) is 12.1 Å². The summed E-state index contributed by atoms with van der Waals surface area (Å²) >= 11 is 0. The Kier molecular flexibility index (Phi) is 15.2. The van der Waals surface area contributed by atoms with Gasteiger partial charge in [0.25, 0.3) is 5.91 Å². The van der Waals surface area contributed by atoms with Crippen molar-refractivity contribution in [1.29, 1.82) is 0 Å². The van der Waals surface area contributed by atoms with Crippen molar-refractivity contribution >= 4 is 40.2 Å². The van der Waals surface area contributed by atoms with E-state index in [1.54, 1.807) is 6.07 Å². The maximum Gasteiger partial charge on any atom is 0.309 e. The van der Waals surface area contributed by atoms with Crippen molar-refractivity contribution in [2.45, 2.75) is 63.6 Å². The van der Waals surface area contributed by atoms with Crippen LogP contribution in [0.1, 0.15) is 48.8 Å². The average molecular weight is 782 g/mol. The van der Waals surface area contributed by atoms with E-state index in [2.05, 4.69) is 16.0 Å². The molecule has 1 aliphatic heterocycles. The Balaban J connectivity index is 1.12. The first kappa shape index (κ1) is 41.4. The smallest absolute Gasteiger partial charge is 0.309 e. The van der Waals surface area contributed by atoms with Crippen LogP contribution < -0.4 is 20.7 Å². The second-order valence-corrected chi connectivity index (χ2v) is 14.7. The number of allylic oxidation sites excluding steroid dienone is 2. The predicted molar refractivity (Wildman–Crippen MR) is 225 cm³/mol. The molecule has 0 saturated carbocycles. The molecule has 300 valence electrons. The summed E-state index contributed by atoms with van der Waals surface area (Å²) in [5.41, 5.74) is 3.48. The van der Waals surface area contributed by atoms with Gasteiger partial charge in [-0.2, -0.15) is 0 Å². The summed E-state index contributed by atoms with van der Waals surface area (Å²) in [5.74, 6) is -2.50. The third-order valence-corrected chi connectivity index (χ3v) is 10.3. The van der Waals surface area contributed by atoms with Gasteiger partial charge in [-0.15, -0.1) is 0 Å². The van der Waals surface area contributed by atoms with Gasteiger partial charge in [-0.3, -0.25) is 19.2 Å². The number of carbonyl (C=O) groups is 4. The Hall–Kier alpha value is -6.26. The lowest BCUT2D eigenvalue weighted by Gasteiger charge is -2.24. The molecule has 10 nitrogen and oxygen atoms in total. The Morgan fingerprint density at radius 1 is 0.793 bits per heavy atom. The van der Waals surface area contributed by atoms with E-state index in [0.717, 1.165) is 27.5 Å². The van der Waals surface area contributed by atoms with Crippen LogP contribution in [0.4, 0.5) is 5.69 Å². The van der Waals surface area contributed by atoms with E-state index in [-0.39, 0.29) is 26.1 Å². The van der Waals surface area contributed by atoms with Crippen LogP contribution in [0.2, 0.25) is 0 Å². The summed E-state index contributed by atoms with van der Waals surface area (Å²) in [5, 5.41) is 20.7. The minimum absolute atomic E-state index is 0.184. The van der Waals surface area contributed by atoms with Crippen molar-refractivity contribution in [3.8, 4) is 5.75 Å². The monoisotopic (exact) mass is 781 g/mol. The van der Waals surface area contributed by atoms with Crippen LogP contribution in [-0.2, 0) is 43.4 Å². The molecule has 0 radical (unpaired) electrons. The Morgan fingerprint density at radius 2 is 1.50 bits per heavy atom. The molecular weight excluding hydrogens is 731 g/mol. The fourth-order valence-corrected chi connectivity index (χ4v) is 7.02. The number of amides is 3. The minimum atomic E-state index is -1.23. The first-order chi connectivity index (χ1) is 28.3. The van der Waals surface area contributed by atoms with Crippen LogP contribution >= 0.6 is 0 Å². The van der Waals surface area contributed by atoms with Crippen molar-refractivity contribution < 1.29 is 33.8 Å². The summed E-state index contributed by atoms with van der Waals surface area (Å²) in [4.78, 5) is 54.8. The number of cyclic esters (lactones) is 1. The van der Waals surface area contributed by atoms with Gasteiger partial charge < -0.3 is 30.5 Å². The number of hydrogen-bond acceptors (Lipinski definition) is 7. The fourth-order valence-electron chi connectivity index (χ4n) is 7.02. The van der Waals surface area contributed by atoms with Gasteiger partial charge in [0.2, 0.25) is 11.8 Å². The number of anilines is 1. The van der Waals surface area contributed by atoms with E-state index in [9.17, 15) is 24.3 Å². The molecule has 5 aromatic rings. The number of hydrogen-bond donors (Lipinski definition) is 4. The van der Waals surface area contributed by atoms with E-state index in [4.69, 9.17) is 9.47 Å². The lowest BCUT2D eigenvalue weighted by molar-refractivity contribution is -0.151. The molecule has 10 heteroatoms. The largest absolute Gasteiger partial charge is 0.489 e. The number of rotatable bonds is 13. The number of esters is 1. The molecule has 58 heavy (non-hydrogen) atoms. The highest BCUT2D eigenvalue weighted by atomic mass is 16.5. The van der Waals surface area contributed by atoms with Crippen LogP contribution in [0.15, 0.2) is 140 Å². The standard InChI is InChI=1S/C48H51N3O7/c52-31-42(28-35-21-25-43(26-22-35)57-32-36-15-7-4-8-16-36)49-45(53)30-39-19-9-1-2-10-20-40(27-34-13-5-3-6-14-34)48(56)58-33-44(51-46(39)54)47(55)50-41-24-23-37-17-11-12-18-38(37)29-41/h1,3-9,11-18,21-26,29,39-40,42,44,52H,2,10,19-20,27-28,30-33H2,(H,49,53)(H,50,55)(H,51,54). The topological polar surface area (TPSA) is 143 Å². The molecule has 0 fully saturated rings. The van der Waals surface area contributed by atoms with Crippen LogP contribution in [0.3, 0.4) is 0 Å². The lowest BCUT2D eigenvalue weighted by atomic mass is 9.93. The molecule has 5 aromatic carbocycles. The van der Waals surface area contributed by atoms with Gasteiger partial charge in [0.1, 0.15) is 25.0 Å². The van der Waals surface area contributed by atoms with Crippen LogP contribution in [0, 0.1) is 11.8 Å². The van der Waals surface area contributed by atoms with Crippen molar-refractivity contribution in [1.82, 2.24) is 10.6 Å². The molecule has 6 rings (SSSR count). The number of benzene rings is 5. The minimum Gasteiger partial charge on any atom is -0.489 e. The van der Waals surface area contributed by atoms with Crippen LogP contribution in [-0.4, -0.2) is 54.1 Å². The zero-order valence-electron chi connectivity index (χ0n) is 32.6. The summed E-state index contributed by atoms with van der Waals surface area (Å²) in [6.07, 6.45) is 6.73. The second kappa shape index (κ2) is 21.3. The number of nitrogens with one attached hydrogen (secondary N) is 3. The van der Waals surface area contributed by atoms with Crippen molar-refractivity contribution in [2.75, 3.05) is 18.5 Å². The summed E-state index contributed by atoms with van der Waals surface area (Å²) in [6, 6.07) is 38.5. The molecule has 3 amide bonds. The third-order valence-electron chi connectivity index (χ3n) is 10.3. The number of fused-ring (bicyclic) bond motifs is 1. The Morgan fingerprint density at radius 3 is 2.24 bits per heavy atom. The van der Waals surface area contributed by atoms with Gasteiger partial charge in [-0.1, -0.05) is 115 Å². The number of ether oxygens (including phenoxy) is 2. The van der Waals surface area contributed by atoms with Gasteiger partial charge in [0.15, 0.2) is 0 Å². The van der Waals surface area contributed by atoms with E-state index in [1.165, 1.54) is 0 Å². The molecule has 4 atom stereocenters. The van der Waals surface area contributed by atoms with E-state index >= 15 is 0 Å². The maximum atomic E-state index is 14.0.